The van der Waals surface area contributed by atoms with Gasteiger partial charge in [0, 0.05) is 18.9 Å². The van der Waals surface area contributed by atoms with Gasteiger partial charge in [0.05, 0.1) is 26.1 Å². The van der Waals surface area contributed by atoms with Crippen LogP contribution in [0.3, 0.4) is 0 Å². The van der Waals surface area contributed by atoms with E-state index in [0.717, 1.165) is 27.8 Å². The summed E-state index contributed by atoms with van der Waals surface area (Å²) in [5.74, 6) is -0.0645. The molecule has 0 unspecified atom stereocenters. The molecule has 3 N–H and O–H groups in total. The zero-order chi connectivity index (χ0) is 25.8. The molecule has 0 spiro atoms. The fourth-order valence-corrected chi connectivity index (χ4v) is 4.37. The van der Waals surface area contributed by atoms with Crippen molar-refractivity contribution in [3.05, 3.63) is 88.5 Å². The van der Waals surface area contributed by atoms with E-state index < -0.39 is 7.12 Å². The second-order valence-electron chi connectivity index (χ2n) is 8.38. The first kappa shape index (κ1) is 25.2. The van der Waals surface area contributed by atoms with Crippen LogP contribution in [0.2, 0.25) is 0 Å². The van der Waals surface area contributed by atoms with Gasteiger partial charge in [0.15, 0.2) is 0 Å². The summed E-state index contributed by atoms with van der Waals surface area (Å²) < 4.78 is 24.9. The Morgan fingerprint density at radius 3 is 2.44 bits per heavy atom. The SMILES string of the molecule is COc1cc(/C=C2/C(C)=C(CC(=O)NCc3cccnc3)c3cc(F)ccc32)cc(OC)c1B(O)O. The van der Waals surface area contributed by atoms with Crippen molar-refractivity contribution in [1.29, 1.82) is 0 Å². The van der Waals surface area contributed by atoms with Gasteiger partial charge in [-0.3, -0.25) is 9.78 Å². The summed E-state index contributed by atoms with van der Waals surface area (Å²) in [5, 5.41) is 22.4. The van der Waals surface area contributed by atoms with Crippen LogP contribution in [0.25, 0.3) is 17.2 Å². The number of benzene rings is 2. The van der Waals surface area contributed by atoms with Gasteiger partial charge in [0.25, 0.3) is 0 Å². The van der Waals surface area contributed by atoms with Gasteiger partial charge in [-0.25, -0.2) is 4.39 Å². The summed E-state index contributed by atoms with van der Waals surface area (Å²) in [6.07, 6.45) is 5.32. The fourth-order valence-electron chi connectivity index (χ4n) is 4.37. The molecule has 0 atom stereocenters. The molecular weight excluding hydrogens is 462 g/mol. The van der Waals surface area contributed by atoms with Crippen LogP contribution in [0.15, 0.2) is 60.4 Å². The molecule has 1 amide bonds. The number of fused-ring (bicyclic) bond motifs is 1. The van der Waals surface area contributed by atoms with Crippen molar-refractivity contribution < 1.29 is 28.7 Å². The van der Waals surface area contributed by atoms with Crippen LogP contribution in [-0.4, -0.2) is 42.3 Å². The first-order valence-electron chi connectivity index (χ1n) is 11.3. The standard InChI is InChI=1S/C27H26BFN2O5/c1-16-21(9-18-10-24(35-2)27(28(33)34)25(11-18)36-3)20-7-6-19(29)12-23(20)22(16)13-26(32)31-15-17-5-4-8-30-14-17/h4-12,14,33-34H,13,15H2,1-3H3,(H,31,32)/b21-9-. The molecule has 0 fully saturated rings. The van der Waals surface area contributed by atoms with Crippen molar-refractivity contribution >= 4 is 35.7 Å². The highest BCUT2D eigenvalue weighted by Gasteiger charge is 2.27. The highest BCUT2D eigenvalue weighted by molar-refractivity contribution is 6.61. The van der Waals surface area contributed by atoms with E-state index in [1.54, 1.807) is 36.7 Å². The summed E-state index contributed by atoms with van der Waals surface area (Å²) in [5.41, 5.74) is 5.55. The predicted octanol–water partition coefficient (Wildman–Crippen LogP) is 2.95. The third kappa shape index (κ3) is 5.17. The highest BCUT2D eigenvalue weighted by atomic mass is 19.1. The Kier molecular flexibility index (Phi) is 7.52. The van der Waals surface area contributed by atoms with Gasteiger partial charge in [-0.15, -0.1) is 0 Å². The van der Waals surface area contributed by atoms with Gasteiger partial charge in [0.2, 0.25) is 5.91 Å². The second kappa shape index (κ2) is 10.8. The number of rotatable bonds is 8. The fraction of sp³-hybridized carbons (Fsp3) is 0.185. The lowest BCUT2D eigenvalue weighted by Gasteiger charge is -2.14. The maximum Gasteiger partial charge on any atom is 0.496 e. The lowest BCUT2D eigenvalue weighted by molar-refractivity contribution is -0.120. The molecule has 0 aliphatic heterocycles. The molecule has 9 heteroatoms. The third-order valence-electron chi connectivity index (χ3n) is 6.14. The summed E-state index contributed by atoms with van der Waals surface area (Å²) in [6.45, 7) is 2.24. The van der Waals surface area contributed by atoms with E-state index in [2.05, 4.69) is 10.3 Å². The molecule has 4 rings (SSSR count). The van der Waals surface area contributed by atoms with Gasteiger partial charge < -0.3 is 24.8 Å². The quantitative estimate of drug-likeness (QED) is 0.422. The van der Waals surface area contributed by atoms with E-state index in [1.807, 2.05) is 19.1 Å². The largest absolute Gasteiger partial charge is 0.497 e. The zero-order valence-corrected chi connectivity index (χ0v) is 20.2. The summed E-state index contributed by atoms with van der Waals surface area (Å²) in [4.78, 5) is 16.8. The summed E-state index contributed by atoms with van der Waals surface area (Å²) in [6, 6.07) is 11.5. The lowest BCUT2D eigenvalue weighted by atomic mass is 9.78. The van der Waals surface area contributed by atoms with Crippen LogP contribution >= 0.6 is 0 Å². The Labute approximate surface area is 209 Å². The number of carbonyl (C=O) groups excluding carboxylic acids is 1. The van der Waals surface area contributed by atoms with E-state index in [-0.39, 0.29) is 35.1 Å². The maximum atomic E-state index is 14.2. The van der Waals surface area contributed by atoms with Gasteiger partial charge >= 0.3 is 7.12 Å². The number of hydrogen-bond acceptors (Lipinski definition) is 6. The van der Waals surface area contributed by atoms with Crippen molar-refractivity contribution in [2.75, 3.05) is 14.2 Å². The summed E-state index contributed by atoms with van der Waals surface area (Å²) >= 11 is 0. The minimum atomic E-state index is -1.77. The Hall–Kier alpha value is -3.95. The average Bonchev–Trinajstić information content (AvgIpc) is 3.12. The van der Waals surface area contributed by atoms with Crippen molar-refractivity contribution in [2.45, 2.75) is 19.9 Å². The predicted molar refractivity (Wildman–Crippen MR) is 137 cm³/mol. The molecule has 1 aliphatic carbocycles. The number of nitrogens with zero attached hydrogens (tertiary/aromatic N) is 1. The number of ether oxygens (including phenoxy) is 2. The monoisotopic (exact) mass is 488 g/mol. The number of carbonyl (C=O) groups is 1. The minimum absolute atomic E-state index is 0.0855. The van der Waals surface area contributed by atoms with E-state index in [0.29, 0.717) is 17.7 Å². The third-order valence-corrected chi connectivity index (χ3v) is 6.14. The molecule has 3 aromatic rings. The van der Waals surface area contributed by atoms with Gasteiger partial charge in [-0.2, -0.15) is 0 Å². The molecule has 0 saturated heterocycles. The topological polar surface area (TPSA) is 101 Å². The molecule has 36 heavy (non-hydrogen) atoms. The number of methoxy groups -OCH3 is 2. The maximum absolute atomic E-state index is 14.2. The normalized spacial score (nSPS) is 13.6. The number of pyridine rings is 1. The number of allylic oxidation sites excluding steroid dienone is 2. The van der Waals surface area contributed by atoms with Crippen molar-refractivity contribution in [3.8, 4) is 11.5 Å². The van der Waals surface area contributed by atoms with Crippen LogP contribution < -0.4 is 20.3 Å². The molecule has 0 bridgehead atoms. The molecular formula is C27H26BFN2O5. The molecule has 0 saturated carbocycles. The molecule has 1 aromatic heterocycles. The lowest BCUT2D eigenvalue weighted by Crippen LogP contribution is -2.32. The van der Waals surface area contributed by atoms with E-state index in [4.69, 9.17) is 9.47 Å². The zero-order valence-electron chi connectivity index (χ0n) is 20.2. The Morgan fingerprint density at radius 2 is 1.83 bits per heavy atom. The molecule has 1 heterocycles. The number of aromatic nitrogens is 1. The number of hydrogen-bond donors (Lipinski definition) is 3. The minimum Gasteiger partial charge on any atom is -0.497 e. The first-order chi connectivity index (χ1) is 17.3. The molecule has 0 radical (unpaired) electrons. The van der Waals surface area contributed by atoms with Crippen LogP contribution in [-0.2, 0) is 11.3 Å². The highest BCUT2D eigenvalue weighted by Crippen LogP contribution is 2.44. The van der Waals surface area contributed by atoms with Crippen LogP contribution in [0.4, 0.5) is 4.39 Å². The van der Waals surface area contributed by atoms with E-state index in [9.17, 15) is 19.2 Å². The Bertz CT molecular complexity index is 1330. The Balaban J connectivity index is 1.70. The summed E-state index contributed by atoms with van der Waals surface area (Å²) in [7, 11) is 1.09. The van der Waals surface area contributed by atoms with Crippen molar-refractivity contribution in [3.63, 3.8) is 0 Å². The van der Waals surface area contributed by atoms with E-state index >= 15 is 0 Å². The van der Waals surface area contributed by atoms with Crippen molar-refractivity contribution in [2.24, 2.45) is 0 Å². The van der Waals surface area contributed by atoms with Gasteiger partial charge in [0.1, 0.15) is 17.3 Å². The average molecular weight is 488 g/mol. The van der Waals surface area contributed by atoms with E-state index in [1.165, 1.54) is 26.4 Å². The molecule has 2 aromatic carbocycles. The van der Waals surface area contributed by atoms with Crippen LogP contribution in [0.5, 0.6) is 11.5 Å². The van der Waals surface area contributed by atoms with Crippen molar-refractivity contribution in [1.82, 2.24) is 10.3 Å². The number of halogens is 1. The second-order valence-corrected chi connectivity index (χ2v) is 8.38. The van der Waals surface area contributed by atoms with Gasteiger partial charge in [-0.1, -0.05) is 12.1 Å². The number of nitrogens with one attached hydrogen (secondary N) is 1. The smallest absolute Gasteiger partial charge is 0.496 e. The number of amides is 1. The molecule has 184 valence electrons. The van der Waals surface area contributed by atoms with Gasteiger partial charge in [-0.05, 0) is 82.3 Å². The van der Waals surface area contributed by atoms with Crippen LogP contribution in [0.1, 0.15) is 35.6 Å². The van der Waals surface area contributed by atoms with Crippen LogP contribution in [0, 0.1) is 5.82 Å². The molecule has 1 aliphatic rings. The first-order valence-corrected chi connectivity index (χ1v) is 11.3. The Morgan fingerprint density at radius 1 is 1.11 bits per heavy atom. The molecule has 7 nitrogen and oxygen atoms in total.